The van der Waals surface area contributed by atoms with E-state index in [1.165, 1.54) is 6.92 Å². The van der Waals surface area contributed by atoms with Crippen molar-refractivity contribution in [3.05, 3.63) is 0 Å². The Hall–Kier alpha value is -1.10. The Labute approximate surface area is 89.8 Å². The van der Waals surface area contributed by atoms with Gasteiger partial charge in [-0.05, 0) is 12.8 Å². The Morgan fingerprint density at radius 3 is 2.47 bits per heavy atom. The van der Waals surface area contributed by atoms with Gasteiger partial charge in [0.25, 0.3) is 0 Å². The van der Waals surface area contributed by atoms with Gasteiger partial charge in [-0.25, -0.2) is 0 Å². The van der Waals surface area contributed by atoms with Gasteiger partial charge in [-0.1, -0.05) is 6.42 Å². The van der Waals surface area contributed by atoms with E-state index in [9.17, 15) is 9.59 Å². The molecule has 0 bridgehead atoms. The maximum atomic E-state index is 11.6. The summed E-state index contributed by atoms with van der Waals surface area (Å²) in [6.07, 6.45) is 2.85. The molecule has 1 saturated carbocycles. The summed E-state index contributed by atoms with van der Waals surface area (Å²) in [7, 11) is 0. The van der Waals surface area contributed by atoms with Crippen LogP contribution in [0.5, 0.6) is 0 Å². The fourth-order valence-electron chi connectivity index (χ4n) is 1.87. The van der Waals surface area contributed by atoms with E-state index >= 15 is 0 Å². The third-order valence-electron chi connectivity index (χ3n) is 2.70. The molecule has 0 aromatic heterocycles. The van der Waals surface area contributed by atoms with Crippen molar-refractivity contribution in [2.24, 2.45) is 11.7 Å². The second-order valence-corrected chi connectivity index (χ2v) is 3.98. The zero-order chi connectivity index (χ0) is 11.3. The Morgan fingerprint density at radius 1 is 1.27 bits per heavy atom. The molecule has 86 valence electrons. The molecule has 15 heavy (non-hydrogen) atoms. The lowest BCUT2D eigenvalue weighted by molar-refractivity contribution is -0.125. The highest BCUT2D eigenvalue weighted by Gasteiger charge is 2.29. The molecule has 0 saturated heterocycles. The summed E-state index contributed by atoms with van der Waals surface area (Å²) in [5.74, 6) is -0.102. The van der Waals surface area contributed by atoms with Crippen molar-refractivity contribution in [2.75, 3.05) is 13.1 Å². The van der Waals surface area contributed by atoms with Gasteiger partial charge in [-0.2, -0.15) is 0 Å². The molecular formula is C10H19N3O2. The van der Waals surface area contributed by atoms with Crippen molar-refractivity contribution in [1.82, 2.24) is 10.6 Å². The van der Waals surface area contributed by atoms with E-state index in [-0.39, 0.29) is 23.8 Å². The van der Waals surface area contributed by atoms with Crippen LogP contribution in [-0.2, 0) is 9.59 Å². The molecule has 0 aliphatic heterocycles. The fourth-order valence-corrected chi connectivity index (χ4v) is 1.87. The zero-order valence-corrected chi connectivity index (χ0v) is 9.08. The predicted octanol–water partition coefficient (Wildman–Crippen LogP) is -0.634. The minimum Gasteiger partial charge on any atom is -0.355 e. The van der Waals surface area contributed by atoms with Gasteiger partial charge < -0.3 is 16.4 Å². The van der Waals surface area contributed by atoms with E-state index in [0.717, 1.165) is 19.3 Å². The lowest BCUT2D eigenvalue weighted by Gasteiger charge is -2.14. The van der Waals surface area contributed by atoms with Crippen molar-refractivity contribution < 1.29 is 9.59 Å². The Balaban J connectivity index is 2.15. The monoisotopic (exact) mass is 213 g/mol. The maximum absolute atomic E-state index is 11.6. The number of carbonyl (C=O) groups excluding carboxylic acids is 2. The van der Waals surface area contributed by atoms with Crippen LogP contribution in [0, 0.1) is 5.92 Å². The van der Waals surface area contributed by atoms with Gasteiger partial charge >= 0.3 is 0 Å². The average molecular weight is 213 g/mol. The number of hydrogen-bond donors (Lipinski definition) is 3. The van der Waals surface area contributed by atoms with Crippen molar-refractivity contribution in [3.63, 3.8) is 0 Å². The summed E-state index contributed by atoms with van der Waals surface area (Å²) in [5, 5.41) is 5.39. The first-order valence-corrected chi connectivity index (χ1v) is 5.39. The minimum absolute atomic E-state index is 0.00534. The molecule has 0 aromatic carbocycles. The summed E-state index contributed by atoms with van der Waals surface area (Å²) >= 11 is 0. The van der Waals surface area contributed by atoms with Gasteiger partial charge in [0.2, 0.25) is 11.8 Å². The zero-order valence-electron chi connectivity index (χ0n) is 9.08. The minimum atomic E-state index is -0.0817. The summed E-state index contributed by atoms with van der Waals surface area (Å²) < 4.78 is 0. The molecule has 0 spiro atoms. The van der Waals surface area contributed by atoms with E-state index in [1.807, 2.05) is 0 Å². The third-order valence-corrected chi connectivity index (χ3v) is 2.70. The smallest absolute Gasteiger partial charge is 0.224 e. The maximum Gasteiger partial charge on any atom is 0.224 e. The van der Waals surface area contributed by atoms with Crippen molar-refractivity contribution in [1.29, 1.82) is 0 Å². The number of nitrogens with two attached hydrogens (primary N) is 1. The molecule has 1 fully saturated rings. The SMILES string of the molecule is CC(=O)NCCNC(=O)C1CCCC1N. The lowest BCUT2D eigenvalue weighted by Crippen LogP contribution is -2.41. The molecule has 1 rings (SSSR count). The van der Waals surface area contributed by atoms with Crippen molar-refractivity contribution in [3.8, 4) is 0 Å². The van der Waals surface area contributed by atoms with Crippen LogP contribution in [0.3, 0.4) is 0 Å². The summed E-state index contributed by atoms with van der Waals surface area (Å²) in [6, 6.07) is 0.00534. The molecular weight excluding hydrogens is 194 g/mol. The molecule has 2 amide bonds. The molecule has 4 N–H and O–H groups in total. The van der Waals surface area contributed by atoms with Crippen LogP contribution in [0.4, 0.5) is 0 Å². The van der Waals surface area contributed by atoms with Gasteiger partial charge in [0.1, 0.15) is 0 Å². The van der Waals surface area contributed by atoms with E-state index in [1.54, 1.807) is 0 Å². The van der Waals surface area contributed by atoms with Gasteiger partial charge in [0.15, 0.2) is 0 Å². The highest BCUT2D eigenvalue weighted by atomic mass is 16.2. The van der Waals surface area contributed by atoms with Crippen LogP contribution >= 0.6 is 0 Å². The van der Waals surface area contributed by atoms with Gasteiger partial charge in [0.05, 0.1) is 5.92 Å². The Morgan fingerprint density at radius 2 is 1.93 bits per heavy atom. The first-order valence-electron chi connectivity index (χ1n) is 5.39. The van der Waals surface area contributed by atoms with Gasteiger partial charge in [-0.3, -0.25) is 9.59 Å². The standard InChI is InChI=1S/C10H19N3O2/c1-7(14)12-5-6-13-10(15)8-3-2-4-9(8)11/h8-9H,2-6,11H2,1H3,(H,12,14)(H,13,15). The van der Waals surface area contributed by atoms with E-state index < -0.39 is 0 Å². The topological polar surface area (TPSA) is 84.2 Å². The van der Waals surface area contributed by atoms with E-state index in [2.05, 4.69) is 10.6 Å². The summed E-state index contributed by atoms with van der Waals surface area (Å²) in [5.41, 5.74) is 5.80. The highest BCUT2D eigenvalue weighted by molar-refractivity contribution is 5.79. The van der Waals surface area contributed by atoms with Crippen molar-refractivity contribution >= 4 is 11.8 Å². The van der Waals surface area contributed by atoms with E-state index in [0.29, 0.717) is 13.1 Å². The van der Waals surface area contributed by atoms with E-state index in [4.69, 9.17) is 5.73 Å². The molecule has 0 heterocycles. The fraction of sp³-hybridized carbons (Fsp3) is 0.800. The normalized spacial score (nSPS) is 24.9. The largest absolute Gasteiger partial charge is 0.355 e. The first kappa shape index (κ1) is 12.0. The molecule has 5 nitrogen and oxygen atoms in total. The number of rotatable bonds is 4. The van der Waals surface area contributed by atoms with Crippen LogP contribution in [-0.4, -0.2) is 30.9 Å². The van der Waals surface area contributed by atoms with Crippen LogP contribution in [0.1, 0.15) is 26.2 Å². The van der Waals surface area contributed by atoms with Crippen molar-refractivity contribution in [2.45, 2.75) is 32.2 Å². The second kappa shape index (κ2) is 5.70. The number of carbonyl (C=O) groups is 2. The number of amides is 2. The molecule has 2 unspecified atom stereocenters. The molecule has 5 heteroatoms. The Kier molecular flexibility index (Phi) is 4.55. The molecule has 1 aliphatic carbocycles. The second-order valence-electron chi connectivity index (χ2n) is 3.98. The lowest BCUT2D eigenvalue weighted by atomic mass is 10.0. The highest BCUT2D eigenvalue weighted by Crippen LogP contribution is 2.23. The summed E-state index contributed by atoms with van der Waals surface area (Å²) in [4.78, 5) is 22.1. The molecule has 2 atom stereocenters. The first-order chi connectivity index (χ1) is 7.11. The quantitative estimate of drug-likeness (QED) is 0.543. The van der Waals surface area contributed by atoms with Crippen LogP contribution in [0.15, 0.2) is 0 Å². The predicted molar refractivity (Wildman–Crippen MR) is 57.0 cm³/mol. The van der Waals surface area contributed by atoms with Crippen LogP contribution in [0.2, 0.25) is 0 Å². The number of nitrogens with one attached hydrogen (secondary N) is 2. The number of hydrogen-bond acceptors (Lipinski definition) is 3. The molecule has 0 radical (unpaired) electrons. The van der Waals surface area contributed by atoms with Crippen LogP contribution < -0.4 is 16.4 Å². The molecule has 0 aromatic rings. The van der Waals surface area contributed by atoms with Gasteiger partial charge in [0, 0.05) is 26.1 Å². The average Bonchev–Trinajstić information content (AvgIpc) is 2.58. The Bertz CT molecular complexity index is 243. The summed E-state index contributed by atoms with van der Waals surface area (Å²) in [6.45, 7) is 2.40. The molecule has 1 aliphatic rings. The van der Waals surface area contributed by atoms with Crippen LogP contribution in [0.25, 0.3) is 0 Å². The van der Waals surface area contributed by atoms with Gasteiger partial charge in [-0.15, -0.1) is 0 Å². The third kappa shape index (κ3) is 3.87.